The van der Waals surface area contributed by atoms with Crippen molar-refractivity contribution in [3.05, 3.63) is 52.2 Å². The van der Waals surface area contributed by atoms with E-state index in [9.17, 15) is 9.59 Å². The van der Waals surface area contributed by atoms with Gasteiger partial charge in [-0.25, -0.2) is 4.79 Å². The average molecular weight is 389 g/mol. The van der Waals surface area contributed by atoms with E-state index in [1.165, 1.54) is 4.88 Å². The number of esters is 1. The Kier molecular flexibility index (Phi) is 7.24. The maximum absolute atomic E-state index is 12.0. The summed E-state index contributed by atoms with van der Waals surface area (Å²) in [4.78, 5) is 25.0. The van der Waals surface area contributed by atoms with Gasteiger partial charge < -0.3 is 19.5 Å². The van der Waals surface area contributed by atoms with Crippen LogP contribution in [-0.4, -0.2) is 44.3 Å². The Morgan fingerprint density at radius 3 is 2.78 bits per heavy atom. The van der Waals surface area contributed by atoms with Crippen LogP contribution < -0.4 is 10.1 Å². The Bertz CT molecular complexity index is 723. The topological polar surface area (TPSA) is 73.9 Å². The molecule has 1 aromatic carbocycles. The van der Waals surface area contributed by atoms with Gasteiger partial charge in [0, 0.05) is 18.0 Å². The van der Waals surface area contributed by atoms with Crippen LogP contribution in [0.4, 0.5) is 0 Å². The normalized spacial score (nSPS) is 16.1. The fourth-order valence-corrected chi connectivity index (χ4v) is 3.41. The zero-order chi connectivity index (χ0) is 18.9. The van der Waals surface area contributed by atoms with Crippen molar-refractivity contribution in [3.8, 4) is 5.75 Å². The second-order valence-corrected chi connectivity index (χ2v) is 7.26. The van der Waals surface area contributed by atoms with Gasteiger partial charge in [-0.05, 0) is 55.0 Å². The summed E-state index contributed by atoms with van der Waals surface area (Å²) in [5.74, 6) is -0.168. The van der Waals surface area contributed by atoms with Crippen molar-refractivity contribution in [2.45, 2.75) is 25.4 Å². The lowest BCUT2D eigenvalue weighted by Gasteiger charge is -2.11. The van der Waals surface area contributed by atoms with Gasteiger partial charge in [0.15, 0.2) is 6.61 Å². The first-order chi connectivity index (χ1) is 13.2. The number of nitrogens with one attached hydrogen (secondary N) is 1. The molecule has 0 radical (unpaired) electrons. The molecule has 1 saturated heterocycles. The van der Waals surface area contributed by atoms with Crippen LogP contribution in [0.2, 0.25) is 0 Å². The summed E-state index contributed by atoms with van der Waals surface area (Å²) in [5, 5.41) is 4.74. The van der Waals surface area contributed by atoms with Crippen molar-refractivity contribution in [2.75, 3.05) is 26.4 Å². The highest BCUT2D eigenvalue weighted by Crippen LogP contribution is 2.17. The van der Waals surface area contributed by atoms with Gasteiger partial charge in [-0.1, -0.05) is 6.07 Å². The van der Waals surface area contributed by atoms with Gasteiger partial charge in [-0.3, -0.25) is 4.79 Å². The maximum Gasteiger partial charge on any atom is 0.338 e. The molecular weight excluding hydrogens is 366 g/mol. The van der Waals surface area contributed by atoms with E-state index in [1.807, 2.05) is 17.5 Å². The summed E-state index contributed by atoms with van der Waals surface area (Å²) in [6.45, 7) is 1.53. The lowest BCUT2D eigenvalue weighted by Crippen LogP contribution is -2.30. The minimum Gasteiger partial charge on any atom is -0.491 e. The van der Waals surface area contributed by atoms with Crippen LogP contribution >= 0.6 is 11.3 Å². The Labute approximate surface area is 162 Å². The van der Waals surface area contributed by atoms with Crippen molar-refractivity contribution in [2.24, 2.45) is 0 Å². The number of rotatable bonds is 9. The zero-order valence-electron chi connectivity index (χ0n) is 15.0. The number of amides is 1. The number of hydrogen-bond acceptors (Lipinski definition) is 6. The average Bonchev–Trinajstić information content (AvgIpc) is 3.39. The molecule has 1 aromatic heterocycles. The van der Waals surface area contributed by atoms with Crippen LogP contribution in [0.3, 0.4) is 0 Å². The monoisotopic (exact) mass is 389 g/mol. The lowest BCUT2D eigenvalue weighted by molar-refractivity contribution is -0.124. The summed E-state index contributed by atoms with van der Waals surface area (Å²) < 4.78 is 16.2. The molecule has 1 fully saturated rings. The van der Waals surface area contributed by atoms with Gasteiger partial charge in [0.25, 0.3) is 5.91 Å². The quantitative estimate of drug-likeness (QED) is 0.668. The predicted molar refractivity (Wildman–Crippen MR) is 102 cm³/mol. The first kappa shape index (κ1) is 19.4. The van der Waals surface area contributed by atoms with E-state index in [0.29, 0.717) is 24.5 Å². The molecule has 0 bridgehead atoms. The first-order valence-electron chi connectivity index (χ1n) is 9.01. The summed E-state index contributed by atoms with van der Waals surface area (Å²) in [6.07, 6.45) is 3.00. The molecule has 2 aromatic rings. The molecule has 2 heterocycles. The molecular formula is C20H23NO5S. The Balaban J connectivity index is 1.35. The van der Waals surface area contributed by atoms with Crippen LogP contribution in [0.25, 0.3) is 0 Å². The molecule has 0 spiro atoms. The summed E-state index contributed by atoms with van der Waals surface area (Å²) in [7, 11) is 0. The molecule has 3 rings (SSSR count). The van der Waals surface area contributed by atoms with Crippen LogP contribution in [0.5, 0.6) is 5.75 Å². The van der Waals surface area contributed by atoms with E-state index in [0.717, 1.165) is 25.9 Å². The predicted octanol–water partition coefficient (Wildman–Crippen LogP) is 2.82. The highest BCUT2D eigenvalue weighted by Gasteiger charge is 2.16. The minimum absolute atomic E-state index is 0.146. The fraction of sp³-hybridized carbons (Fsp3) is 0.400. The smallest absolute Gasteiger partial charge is 0.338 e. The molecule has 1 aliphatic heterocycles. The summed E-state index contributed by atoms with van der Waals surface area (Å²) in [6, 6.07) is 10.7. The molecule has 0 saturated carbocycles. The van der Waals surface area contributed by atoms with Crippen molar-refractivity contribution >= 4 is 23.2 Å². The fourth-order valence-electron chi connectivity index (χ4n) is 2.70. The van der Waals surface area contributed by atoms with Crippen molar-refractivity contribution in [1.29, 1.82) is 0 Å². The maximum atomic E-state index is 12.0. The standard InChI is InChI=1S/C20H23NO5S/c22-19(21-10-9-18-4-2-12-27-18)14-26-20(23)15-5-7-16(8-6-15)25-13-17-3-1-11-24-17/h2,4-8,12,17H,1,3,9-11,13-14H2,(H,21,22)/t17-/m0/s1. The molecule has 144 valence electrons. The summed E-state index contributed by atoms with van der Waals surface area (Å²) >= 11 is 1.65. The van der Waals surface area contributed by atoms with E-state index < -0.39 is 5.97 Å². The minimum atomic E-state index is -0.533. The summed E-state index contributed by atoms with van der Waals surface area (Å²) in [5.41, 5.74) is 0.380. The molecule has 1 atom stereocenters. The number of hydrogen-bond donors (Lipinski definition) is 1. The van der Waals surface area contributed by atoms with E-state index in [1.54, 1.807) is 35.6 Å². The van der Waals surface area contributed by atoms with Gasteiger partial charge in [0.2, 0.25) is 0 Å². The number of ether oxygens (including phenoxy) is 3. The van der Waals surface area contributed by atoms with E-state index in [-0.39, 0.29) is 18.6 Å². The molecule has 6 nitrogen and oxygen atoms in total. The molecule has 1 N–H and O–H groups in total. The highest BCUT2D eigenvalue weighted by atomic mass is 32.1. The van der Waals surface area contributed by atoms with E-state index >= 15 is 0 Å². The Morgan fingerprint density at radius 1 is 1.22 bits per heavy atom. The van der Waals surface area contributed by atoms with Crippen LogP contribution in [0.15, 0.2) is 41.8 Å². The van der Waals surface area contributed by atoms with Crippen molar-refractivity contribution < 1.29 is 23.8 Å². The largest absolute Gasteiger partial charge is 0.491 e. The molecule has 0 aliphatic carbocycles. The second-order valence-electron chi connectivity index (χ2n) is 6.23. The van der Waals surface area contributed by atoms with Crippen molar-refractivity contribution in [3.63, 3.8) is 0 Å². The lowest BCUT2D eigenvalue weighted by atomic mass is 10.2. The number of benzene rings is 1. The highest BCUT2D eigenvalue weighted by molar-refractivity contribution is 7.09. The van der Waals surface area contributed by atoms with Crippen molar-refractivity contribution in [1.82, 2.24) is 5.32 Å². The molecule has 1 amide bonds. The van der Waals surface area contributed by atoms with E-state index in [2.05, 4.69) is 5.32 Å². The van der Waals surface area contributed by atoms with Crippen LogP contribution in [0, 0.1) is 0 Å². The molecule has 27 heavy (non-hydrogen) atoms. The van der Waals surface area contributed by atoms with E-state index in [4.69, 9.17) is 14.2 Å². The third-order valence-electron chi connectivity index (χ3n) is 4.16. The van der Waals surface area contributed by atoms with Gasteiger partial charge >= 0.3 is 5.97 Å². The first-order valence-corrected chi connectivity index (χ1v) is 9.89. The number of carbonyl (C=O) groups is 2. The van der Waals surface area contributed by atoms with Gasteiger partial charge in [-0.15, -0.1) is 11.3 Å². The van der Waals surface area contributed by atoms with Gasteiger partial charge in [0.05, 0.1) is 11.7 Å². The number of carbonyl (C=O) groups excluding carboxylic acids is 2. The third-order valence-corrected chi connectivity index (χ3v) is 5.09. The zero-order valence-corrected chi connectivity index (χ0v) is 15.8. The van der Waals surface area contributed by atoms with Gasteiger partial charge in [0.1, 0.15) is 12.4 Å². The number of thiophene rings is 1. The molecule has 0 unspecified atom stereocenters. The molecule has 7 heteroatoms. The molecule has 1 aliphatic rings. The Hall–Kier alpha value is -2.38. The third kappa shape index (κ3) is 6.37. The SMILES string of the molecule is O=C(COC(=O)c1ccc(OC[C@@H]2CCCO2)cc1)NCCc1cccs1. The van der Waals surface area contributed by atoms with Crippen LogP contribution in [0.1, 0.15) is 28.1 Å². The second kappa shape index (κ2) is 10.1. The Morgan fingerprint density at radius 2 is 2.07 bits per heavy atom. The van der Waals surface area contributed by atoms with Gasteiger partial charge in [-0.2, -0.15) is 0 Å². The van der Waals surface area contributed by atoms with Crippen LogP contribution in [-0.2, 0) is 20.7 Å².